The molecule has 2 fully saturated rings. The zero-order valence-electron chi connectivity index (χ0n) is 16.5. The number of amides is 1. The Kier molecular flexibility index (Phi) is 5.95. The number of carbonyl (C=O) groups is 1. The van der Waals surface area contributed by atoms with E-state index in [0.29, 0.717) is 44.3 Å². The zero-order chi connectivity index (χ0) is 20.4. The van der Waals surface area contributed by atoms with E-state index in [4.69, 9.17) is 32.5 Å². The molecule has 1 atom stereocenters. The van der Waals surface area contributed by atoms with Crippen molar-refractivity contribution in [2.45, 2.75) is 19.7 Å². The number of hydrogen-bond donors (Lipinski definition) is 1. The first kappa shape index (κ1) is 20.0. The van der Waals surface area contributed by atoms with Crippen molar-refractivity contribution in [2.75, 3.05) is 50.9 Å². The van der Waals surface area contributed by atoms with Crippen molar-refractivity contribution in [3.05, 3.63) is 34.6 Å². The molecule has 1 aromatic heterocycles. The zero-order valence-corrected chi connectivity index (χ0v) is 17.3. The summed E-state index contributed by atoms with van der Waals surface area (Å²) in [5, 5.41) is 4.86. The second kappa shape index (κ2) is 8.62. The first-order valence-corrected chi connectivity index (χ1v) is 10.2. The molecule has 0 spiro atoms. The number of carbonyl (C=O) groups excluding carboxylic acids is 1. The van der Waals surface area contributed by atoms with Crippen LogP contribution in [0.4, 0.5) is 5.95 Å². The molecule has 2 aromatic rings. The lowest BCUT2D eigenvalue weighted by atomic mass is 10.2. The summed E-state index contributed by atoms with van der Waals surface area (Å²) in [6.45, 7) is 6.97. The average Bonchev–Trinajstić information content (AvgIpc) is 3.05. The number of primary amides is 1. The van der Waals surface area contributed by atoms with Crippen LogP contribution < -0.4 is 10.6 Å². The summed E-state index contributed by atoms with van der Waals surface area (Å²) in [6, 6.07) is 8.14. The van der Waals surface area contributed by atoms with E-state index in [1.165, 1.54) is 0 Å². The van der Waals surface area contributed by atoms with Gasteiger partial charge in [-0.25, -0.2) is 4.68 Å². The van der Waals surface area contributed by atoms with Gasteiger partial charge in [0.05, 0.1) is 32.2 Å². The monoisotopic (exact) mass is 418 g/mol. The predicted octanol–water partition coefficient (Wildman–Crippen LogP) is 0.692. The second-order valence-corrected chi connectivity index (χ2v) is 7.65. The third-order valence-corrected chi connectivity index (χ3v) is 5.67. The van der Waals surface area contributed by atoms with Crippen LogP contribution in [0.5, 0.6) is 0 Å². The van der Waals surface area contributed by atoms with Gasteiger partial charge in [0.1, 0.15) is 6.10 Å². The Labute approximate surface area is 174 Å². The van der Waals surface area contributed by atoms with Crippen molar-refractivity contribution < 1.29 is 14.3 Å². The Bertz CT molecular complexity index is 936. The summed E-state index contributed by atoms with van der Waals surface area (Å²) in [5.74, 6) is 0.366. The van der Waals surface area contributed by atoms with Gasteiger partial charge in [0, 0.05) is 26.2 Å². The fourth-order valence-corrected chi connectivity index (χ4v) is 3.95. The number of hydrogen-bond acceptors (Lipinski definition) is 7. The summed E-state index contributed by atoms with van der Waals surface area (Å²) in [7, 11) is 0. The van der Waals surface area contributed by atoms with E-state index in [-0.39, 0.29) is 0 Å². The van der Waals surface area contributed by atoms with Gasteiger partial charge in [-0.05, 0) is 30.8 Å². The Morgan fingerprint density at radius 3 is 2.72 bits per heavy atom. The molecule has 9 nitrogen and oxygen atoms in total. The molecule has 2 aliphatic rings. The quantitative estimate of drug-likeness (QED) is 0.715. The van der Waals surface area contributed by atoms with Crippen molar-refractivity contribution in [3.8, 4) is 5.69 Å². The van der Waals surface area contributed by atoms with Gasteiger partial charge >= 0.3 is 0 Å². The van der Waals surface area contributed by atoms with E-state index in [1.807, 2.05) is 21.4 Å². The number of rotatable bonds is 5. The summed E-state index contributed by atoms with van der Waals surface area (Å²) in [4.78, 5) is 15.8. The van der Waals surface area contributed by atoms with E-state index in [0.717, 1.165) is 30.3 Å². The highest BCUT2D eigenvalue weighted by atomic mass is 32.1. The van der Waals surface area contributed by atoms with Gasteiger partial charge in [-0.1, -0.05) is 18.2 Å². The summed E-state index contributed by atoms with van der Waals surface area (Å²) >= 11 is 5.83. The van der Waals surface area contributed by atoms with Crippen molar-refractivity contribution in [3.63, 3.8) is 0 Å². The van der Waals surface area contributed by atoms with Crippen LogP contribution in [0.2, 0.25) is 0 Å². The normalized spacial score (nSPS) is 20.7. The molecule has 0 saturated carbocycles. The number of para-hydroxylation sites is 1. The minimum Gasteiger partial charge on any atom is -0.378 e. The number of nitrogens with two attached hydrogens (primary N) is 1. The lowest BCUT2D eigenvalue weighted by Gasteiger charge is -2.30. The fraction of sp³-hybridized carbons (Fsp3) is 0.526. The molecule has 0 bridgehead atoms. The van der Waals surface area contributed by atoms with Crippen LogP contribution in [0.25, 0.3) is 5.69 Å². The minimum atomic E-state index is -0.602. The molecule has 0 aliphatic carbocycles. The number of nitrogens with zero attached hydrogens (tertiary/aromatic N) is 5. The van der Waals surface area contributed by atoms with Crippen LogP contribution in [0.3, 0.4) is 0 Å². The molecule has 3 heterocycles. The standard InChI is InChI=1S/C19H26N6O3S/c1-14-4-2-3-5-15(14)25-18(23-7-9-27-10-8-23)21-24(19(25)29)13-22-6-11-28-16(12-22)17(20)26/h2-5,16H,6-13H2,1H3,(H2,20,26). The van der Waals surface area contributed by atoms with Gasteiger partial charge < -0.3 is 20.1 Å². The molecule has 10 heteroatoms. The van der Waals surface area contributed by atoms with Gasteiger partial charge in [0.15, 0.2) is 0 Å². The SMILES string of the molecule is Cc1ccccc1-n1c(N2CCOCC2)nn(CN2CCOC(C(N)=O)C2)c1=S. The van der Waals surface area contributed by atoms with E-state index in [1.54, 1.807) is 0 Å². The van der Waals surface area contributed by atoms with E-state index >= 15 is 0 Å². The summed E-state index contributed by atoms with van der Waals surface area (Å²) in [6.07, 6.45) is -0.602. The van der Waals surface area contributed by atoms with Crippen LogP contribution in [0.15, 0.2) is 24.3 Å². The van der Waals surface area contributed by atoms with Gasteiger partial charge in [0.25, 0.3) is 0 Å². The maximum Gasteiger partial charge on any atom is 0.247 e. The maximum atomic E-state index is 11.5. The van der Waals surface area contributed by atoms with E-state index in [9.17, 15) is 4.79 Å². The Balaban J connectivity index is 1.69. The number of anilines is 1. The van der Waals surface area contributed by atoms with E-state index in [2.05, 4.69) is 28.9 Å². The largest absolute Gasteiger partial charge is 0.378 e. The molecule has 1 amide bonds. The number of aryl methyl sites for hydroxylation is 1. The molecule has 2 saturated heterocycles. The molecule has 2 aliphatic heterocycles. The minimum absolute atomic E-state index is 0.432. The number of ether oxygens (including phenoxy) is 2. The third-order valence-electron chi connectivity index (χ3n) is 5.27. The second-order valence-electron chi connectivity index (χ2n) is 7.28. The molecule has 156 valence electrons. The molecule has 1 aromatic carbocycles. The average molecular weight is 419 g/mol. The molecule has 2 N–H and O–H groups in total. The van der Waals surface area contributed by atoms with Crippen LogP contribution in [-0.2, 0) is 20.9 Å². The van der Waals surface area contributed by atoms with Gasteiger partial charge in [-0.2, -0.15) is 0 Å². The highest BCUT2D eigenvalue weighted by Gasteiger charge is 2.27. The van der Waals surface area contributed by atoms with Crippen LogP contribution in [0.1, 0.15) is 5.56 Å². The Morgan fingerprint density at radius 2 is 2.00 bits per heavy atom. The molecular weight excluding hydrogens is 392 g/mol. The van der Waals surface area contributed by atoms with Gasteiger partial charge in [0.2, 0.25) is 16.6 Å². The maximum absolute atomic E-state index is 11.5. The van der Waals surface area contributed by atoms with Gasteiger partial charge in [-0.3, -0.25) is 14.3 Å². The molecular formula is C19H26N6O3S. The predicted molar refractivity (Wildman–Crippen MR) is 111 cm³/mol. The lowest BCUT2D eigenvalue weighted by molar-refractivity contribution is -0.136. The van der Waals surface area contributed by atoms with Crippen molar-refractivity contribution in [1.29, 1.82) is 0 Å². The summed E-state index contributed by atoms with van der Waals surface area (Å²) in [5.41, 5.74) is 7.55. The van der Waals surface area contributed by atoms with Gasteiger partial charge in [-0.15, -0.1) is 5.10 Å². The first-order chi connectivity index (χ1) is 14.0. The van der Waals surface area contributed by atoms with Crippen molar-refractivity contribution >= 4 is 24.1 Å². The highest BCUT2D eigenvalue weighted by molar-refractivity contribution is 7.71. The fourth-order valence-electron chi connectivity index (χ4n) is 3.67. The smallest absolute Gasteiger partial charge is 0.247 e. The molecule has 0 radical (unpaired) electrons. The lowest BCUT2D eigenvalue weighted by Crippen LogP contribution is -2.48. The number of benzene rings is 1. The third kappa shape index (κ3) is 4.20. The van der Waals surface area contributed by atoms with Crippen LogP contribution in [-0.4, -0.2) is 77.3 Å². The highest BCUT2D eigenvalue weighted by Crippen LogP contribution is 2.23. The molecule has 1 unspecified atom stereocenters. The topological polar surface area (TPSA) is 90.8 Å². The van der Waals surface area contributed by atoms with Crippen LogP contribution in [0, 0.1) is 11.7 Å². The molecule has 29 heavy (non-hydrogen) atoms. The molecule has 4 rings (SSSR count). The Morgan fingerprint density at radius 1 is 1.24 bits per heavy atom. The Hall–Kier alpha value is -2.27. The number of morpholine rings is 2. The van der Waals surface area contributed by atoms with Crippen molar-refractivity contribution in [2.24, 2.45) is 5.73 Å². The summed E-state index contributed by atoms with van der Waals surface area (Å²) < 4.78 is 15.4. The number of aromatic nitrogens is 3. The van der Waals surface area contributed by atoms with Crippen molar-refractivity contribution in [1.82, 2.24) is 19.2 Å². The first-order valence-electron chi connectivity index (χ1n) is 9.76. The van der Waals surface area contributed by atoms with Crippen LogP contribution >= 0.6 is 12.2 Å². The van der Waals surface area contributed by atoms with E-state index < -0.39 is 12.0 Å².